The molecule has 0 aliphatic rings. The van der Waals surface area contributed by atoms with Gasteiger partial charge in [-0.05, 0) is 43.3 Å². The Kier molecular flexibility index (Phi) is 4.25. The van der Waals surface area contributed by atoms with E-state index in [2.05, 4.69) is 25.5 Å². The Bertz CT molecular complexity index is 1280. The summed E-state index contributed by atoms with van der Waals surface area (Å²) >= 11 is 0. The van der Waals surface area contributed by atoms with Crippen LogP contribution in [0.15, 0.2) is 75.8 Å². The zero-order valence-electron chi connectivity index (χ0n) is 15.7. The fraction of sp³-hybridized carbons (Fsp3) is 0.0909. The van der Waals surface area contributed by atoms with Crippen LogP contribution in [0.5, 0.6) is 0 Å². The zero-order valence-corrected chi connectivity index (χ0v) is 15.7. The molecule has 7 nitrogen and oxygen atoms in total. The van der Waals surface area contributed by atoms with Gasteiger partial charge in [-0.1, -0.05) is 29.8 Å². The largest absolute Gasteiger partial charge is 0.467 e. The van der Waals surface area contributed by atoms with E-state index < -0.39 is 0 Å². The van der Waals surface area contributed by atoms with Crippen LogP contribution in [0.3, 0.4) is 0 Å². The van der Waals surface area contributed by atoms with Crippen LogP contribution in [0.4, 0.5) is 5.82 Å². The maximum Gasteiger partial charge on any atom is 0.286 e. The van der Waals surface area contributed by atoms with Gasteiger partial charge in [-0.2, -0.15) is 0 Å². The third kappa shape index (κ3) is 3.45. The fourth-order valence-electron chi connectivity index (χ4n) is 3.10. The highest BCUT2D eigenvalue weighted by molar-refractivity contribution is 5.90. The molecule has 142 valence electrons. The number of benzene rings is 2. The molecule has 0 spiro atoms. The summed E-state index contributed by atoms with van der Waals surface area (Å²) < 4.78 is 11.3. The van der Waals surface area contributed by atoms with E-state index in [0.29, 0.717) is 24.1 Å². The number of aromatic nitrogens is 4. The molecule has 0 unspecified atom stereocenters. The van der Waals surface area contributed by atoms with E-state index in [4.69, 9.17) is 8.83 Å². The van der Waals surface area contributed by atoms with E-state index >= 15 is 0 Å². The van der Waals surface area contributed by atoms with E-state index in [-0.39, 0.29) is 5.89 Å². The smallest absolute Gasteiger partial charge is 0.286 e. The van der Waals surface area contributed by atoms with Gasteiger partial charge in [0.2, 0.25) is 11.7 Å². The second-order valence-corrected chi connectivity index (χ2v) is 6.63. The molecule has 0 radical (unpaired) electrons. The van der Waals surface area contributed by atoms with Gasteiger partial charge in [0.1, 0.15) is 11.6 Å². The first-order valence-electron chi connectivity index (χ1n) is 9.20. The summed E-state index contributed by atoms with van der Waals surface area (Å²) in [5.74, 6) is 2.57. The van der Waals surface area contributed by atoms with Gasteiger partial charge in [0.05, 0.1) is 18.3 Å². The van der Waals surface area contributed by atoms with E-state index in [1.807, 2.05) is 67.6 Å². The van der Waals surface area contributed by atoms with E-state index in [0.717, 1.165) is 27.8 Å². The molecular weight excluding hydrogens is 366 g/mol. The van der Waals surface area contributed by atoms with Gasteiger partial charge in [-0.25, -0.2) is 9.97 Å². The van der Waals surface area contributed by atoms with Crippen molar-refractivity contribution >= 4 is 16.7 Å². The van der Waals surface area contributed by atoms with Crippen molar-refractivity contribution in [3.63, 3.8) is 0 Å². The Balaban J connectivity index is 1.53. The van der Waals surface area contributed by atoms with Gasteiger partial charge < -0.3 is 14.2 Å². The standard InChI is InChI=1S/C22H17N5O2/c1-14-6-4-7-15(12-14)21-26-27-22(29-21)20-24-18-10-3-2-9-17(18)19(25-20)23-13-16-8-5-11-28-16/h2-12H,13H2,1H3,(H,23,24,25). The minimum absolute atomic E-state index is 0.272. The summed E-state index contributed by atoms with van der Waals surface area (Å²) in [6.45, 7) is 2.52. The number of fused-ring (bicyclic) bond motifs is 1. The quantitative estimate of drug-likeness (QED) is 0.463. The fourth-order valence-corrected chi connectivity index (χ4v) is 3.10. The molecule has 0 aliphatic carbocycles. The third-order valence-corrected chi connectivity index (χ3v) is 4.49. The Morgan fingerprint density at radius 2 is 1.79 bits per heavy atom. The lowest BCUT2D eigenvalue weighted by molar-refractivity contribution is 0.518. The number of para-hydroxylation sites is 1. The molecule has 5 rings (SSSR count). The van der Waals surface area contributed by atoms with Gasteiger partial charge in [0.15, 0.2) is 0 Å². The number of anilines is 1. The Morgan fingerprint density at radius 1 is 0.897 bits per heavy atom. The molecule has 29 heavy (non-hydrogen) atoms. The Hall–Kier alpha value is -4.00. The summed E-state index contributed by atoms with van der Waals surface area (Å²) in [7, 11) is 0. The zero-order chi connectivity index (χ0) is 19.6. The first-order chi connectivity index (χ1) is 14.3. The number of aryl methyl sites for hydroxylation is 1. The van der Waals surface area contributed by atoms with Gasteiger partial charge >= 0.3 is 0 Å². The molecule has 2 aromatic carbocycles. The number of nitrogens with zero attached hydrogens (tertiary/aromatic N) is 4. The van der Waals surface area contributed by atoms with Crippen molar-refractivity contribution in [2.75, 3.05) is 5.32 Å². The monoisotopic (exact) mass is 383 g/mol. The highest BCUT2D eigenvalue weighted by Gasteiger charge is 2.16. The molecule has 1 N–H and O–H groups in total. The van der Waals surface area contributed by atoms with Crippen LogP contribution >= 0.6 is 0 Å². The lowest BCUT2D eigenvalue weighted by Gasteiger charge is -2.08. The minimum atomic E-state index is 0.272. The second kappa shape index (κ2) is 7.20. The maximum atomic E-state index is 5.87. The van der Waals surface area contributed by atoms with Crippen molar-refractivity contribution in [2.45, 2.75) is 13.5 Å². The predicted molar refractivity (Wildman–Crippen MR) is 109 cm³/mol. The normalized spacial score (nSPS) is 11.1. The third-order valence-electron chi connectivity index (χ3n) is 4.49. The highest BCUT2D eigenvalue weighted by atomic mass is 16.4. The summed E-state index contributed by atoms with van der Waals surface area (Å²) in [4.78, 5) is 9.24. The van der Waals surface area contributed by atoms with Crippen LogP contribution in [0.2, 0.25) is 0 Å². The lowest BCUT2D eigenvalue weighted by atomic mass is 10.1. The van der Waals surface area contributed by atoms with Crippen LogP contribution in [0.1, 0.15) is 11.3 Å². The minimum Gasteiger partial charge on any atom is -0.467 e. The SMILES string of the molecule is Cc1cccc(-c2nnc(-c3nc(NCc4ccco4)c4ccccc4n3)o2)c1. The van der Waals surface area contributed by atoms with Crippen LogP contribution < -0.4 is 5.32 Å². The number of nitrogens with one attached hydrogen (secondary N) is 1. The Morgan fingerprint density at radius 3 is 2.66 bits per heavy atom. The topological polar surface area (TPSA) is 89.9 Å². The van der Waals surface area contributed by atoms with Crippen molar-refractivity contribution < 1.29 is 8.83 Å². The van der Waals surface area contributed by atoms with Crippen LogP contribution in [0.25, 0.3) is 34.1 Å². The highest BCUT2D eigenvalue weighted by Crippen LogP contribution is 2.27. The van der Waals surface area contributed by atoms with E-state index in [9.17, 15) is 0 Å². The second-order valence-electron chi connectivity index (χ2n) is 6.63. The Labute approximate surface area is 166 Å². The molecule has 5 aromatic rings. The van der Waals surface area contributed by atoms with Crippen molar-refractivity contribution in [3.05, 3.63) is 78.3 Å². The molecule has 3 aromatic heterocycles. The molecule has 0 atom stereocenters. The van der Waals surface area contributed by atoms with Gasteiger partial charge in [0, 0.05) is 10.9 Å². The van der Waals surface area contributed by atoms with Crippen LogP contribution in [-0.4, -0.2) is 20.2 Å². The average molecular weight is 383 g/mol. The lowest BCUT2D eigenvalue weighted by Crippen LogP contribution is -2.03. The van der Waals surface area contributed by atoms with Gasteiger partial charge in [-0.15, -0.1) is 10.2 Å². The van der Waals surface area contributed by atoms with Crippen molar-refractivity contribution in [3.8, 4) is 23.2 Å². The van der Waals surface area contributed by atoms with Crippen LogP contribution in [-0.2, 0) is 6.54 Å². The van der Waals surface area contributed by atoms with Crippen LogP contribution in [0, 0.1) is 6.92 Å². The van der Waals surface area contributed by atoms with Crippen molar-refractivity contribution in [2.24, 2.45) is 0 Å². The summed E-state index contributed by atoms with van der Waals surface area (Å²) in [5.41, 5.74) is 2.77. The molecule has 0 bridgehead atoms. The van der Waals surface area contributed by atoms with Gasteiger partial charge in [-0.3, -0.25) is 0 Å². The maximum absolute atomic E-state index is 5.87. The molecule has 0 aliphatic heterocycles. The number of furan rings is 1. The molecule has 0 amide bonds. The number of rotatable bonds is 5. The first kappa shape index (κ1) is 17.1. The molecule has 0 saturated carbocycles. The molecule has 3 heterocycles. The molecule has 0 saturated heterocycles. The van der Waals surface area contributed by atoms with E-state index in [1.165, 1.54) is 0 Å². The van der Waals surface area contributed by atoms with Crippen molar-refractivity contribution in [1.29, 1.82) is 0 Å². The number of hydrogen-bond donors (Lipinski definition) is 1. The first-order valence-corrected chi connectivity index (χ1v) is 9.20. The van der Waals surface area contributed by atoms with E-state index in [1.54, 1.807) is 6.26 Å². The summed E-state index contributed by atoms with van der Waals surface area (Å²) in [6.07, 6.45) is 1.64. The molecular formula is C22H17N5O2. The summed E-state index contributed by atoms with van der Waals surface area (Å²) in [6, 6.07) is 19.4. The molecule has 0 fully saturated rings. The average Bonchev–Trinajstić information content (AvgIpc) is 3.44. The summed E-state index contributed by atoms with van der Waals surface area (Å²) in [5, 5.41) is 12.5. The van der Waals surface area contributed by atoms with Crippen molar-refractivity contribution in [1.82, 2.24) is 20.2 Å². The molecule has 7 heteroatoms. The number of hydrogen-bond acceptors (Lipinski definition) is 7. The van der Waals surface area contributed by atoms with Gasteiger partial charge in [0.25, 0.3) is 5.89 Å². The predicted octanol–water partition coefficient (Wildman–Crippen LogP) is 4.86.